The van der Waals surface area contributed by atoms with Crippen LogP contribution < -0.4 is 9.47 Å². The molecule has 2 amide bonds. The van der Waals surface area contributed by atoms with Crippen molar-refractivity contribution in [1.29, 1.82) is 0 Å². The lowest BCUT2D eigenvalue weighted by atomic mass is 10.1. The van der Waals surface area contributed by atoms with E-state index in [0.29, 0.717) is 40.6 Å². The molecule has 8 nitrogen and oxygen atoms in total. The number of imide groups is 1. The van der Waals surface area contributed by atoms with Crippen LogP contribution in [0.5, 0.6) is 11.5 Å². The van der Waals surface area contributed by atoms with E-state index >= 15 is 0 Å². The number of carboxylic acid groups (broad SMARTS) is 1. The van der Waals surface area contributed by atoms with Gasteiger partial charge < -0.3 is 19.3 Å². The number of carboxylic acids is 1. The lowest BCUT2D eigenvalue weighted by molar-refractivity contribution is -0.122. The fourth-order valence-corrected chi connectivity index (χ4v) is 3.97. The summed E-state index contributed by atoms with van der Waals surface area (Å²) in [7, 11) is 3.07. The van der Waals surface area contributed by atoms with Crippen LogP contribution in [-0.2, 0) is 16.1 Å². The molecule has 0 aromatic heterocycles. The number of carbonyl (C=O) groups excluding carboxylic acids is 2. The zero-order chi connectivity index (χ0) is 23.1. The number of aromatic carboxylic acids is 1. The Labute approximate surface area is 189 Å². The van der Waals surface area contributed by atoms with Crippen molar-refractivity contribution in [3.8, 4) is 11.5 Å². The Kier molecular flexibility index (Phi) is 7.91. The third-order valence-corrected chi connectivity index (χ3v) is 5.58. The number of hydrogen-bond donors (Lipinski definition) is 1. The molecule has 1 fully saturated rings. The van der Waals surface area contributed by atoms with E-state index in [0.717, 1.165) is 11.8 Å². The standard InChI is InChI=1S/C23H23NO7S/c1-29-11-5-10-24-21(25)19(32-23(24)28)13-16-7-4-9-18(30-2)20(16)31-14-15-6-3-8-17(12-15)22(26)27/h3-4,6-9,12-13H,5,10-11,14H2,1-2H3,(H,26,27)/b19-13+. The summed E-state index contributed by atoms with van der Waals surface area (Å²) in [4.78, 5) is 37.7. The Morgan fingerprint density at radius 3 is 2.66 bits per heavy atom. The first-order valence-electron chi connectivity index (χ1n) is 9.81. The van der Waals surface area contributed by atoms with Gasteiger partial charge in [0.2, 0.25) is 0 Å². The number of thioether (sulfide) groups is 1. The fraction of sp³-hybridized carbons (Fsp3) is 0.261. The lowest BCUT2D eigenvalue weighted by Gasteiger charge is -2.14. The average Bonchev–Trinajstić information content (AvgIpc) is 3.05. The van der Waals surface area contributed by atoms with Crippen LogP contribution in [-0.4, -0.2) is 54.5 Å². The van der Waals surface area contributed by atoms with E-state index < -0.39 is 5.97 Å². The number of nitrogens with zero attached hydrogens (tertiary/aromatic N) is 1. The highest BCUT2D eigenvalue weighted by molar-refractivity contribution is 8.18. The van der Waals surface area contributed by atoms with Gasteiger partial charge in [0, 0.05) is 25.8 Å². The normalized spacial score (nSPS) is 14.8. The van der Waals surface area contributed by atoms with E-state index in [4.69, 9.17) is 14.2 Å². The lowest BCUT2D eigenvalue weighted by Crippen LogP contribution is -2.29. The number of ether oxygens (including phenoxy) is 3. The van der Waals surface area contributed by atoms with Crippen LogP contribution in [0, 0.1) is 0 Å². The van der Waals surface area contributed by atoms with Crippen LogP contribution in [0.4, 0.5) is 4.79 Å². The van der Waals surface area contributed by atoms with E-state index in [9.17, 15) is 19.5 Å². The first-order valence-corrected chi connectivity index (χ1v) is 10.6. The molecule has 1 saturated heterocycles. The molecule has 1 N–H and O–H groups in total. The monoisotopic (exact) mass is 457 g/mol. The number of amides is 2. The van der Waals surface area contributed by atoms with Crippen LogP contribution >= 0.6 is 11.8 Å². The SMILES string of the molecule is COCCCN1C(=O)S/C(=C/c2cccc(OC)c2OCc2cccc(C(=O)O)c2)C1=O. The van der Waals surface area contributed by atoms with Gasteiger partial charge >= 0.3 is 5.97 Å². The highest BCUT2D eigenvalue weighted by atomic mass is 32.2. The van der Waals surface area contributed by atoms with Crippen molar-refractivity contribution in [2.45, 2.75) is 13.0 Å². The second-order valence-corrected chi connectivity index (χ2v) is 7.85. The molecule has 2 aromatic carbocycles. The van der Waals surface area contributed by atoms with Gasteiger partial charge in [-0.15, -0.1) is 0 Å². The van der Waals surface area contributed by atoms with Gasteiger partial charge in [0.25, 0.3) is 11.1 Å². The van der Waals surface area contributed by atoms with Crippen molar-refractivity contribution in [3.05, 3.63) is 64.1 Å². The maximum atomic E-state index is 12.7. The average molecular weight is 458 g/mol. The fourth-order valence-electron chi connectivity index (χ4n) is 3.11. The minimum atomic E-state index is -1.02. The first kappa shape index (κ1) is 23.4. The molecule has 32 heavy (non-hydrogen) atoms. The van der Waals surface area contributed by atoms with E-state index in [1.54, 1.807) is 43.5 Å². The molecule has 9 heteroatoms. The van der Waals surface area contributed by atoms with Crippen molar-refractivity contribution >= 4 is 35.0 Å². The number of hydrogen-bond acceptors (Lipinski definition) is 7. The van der Waals surface area contributed by atoms with E-state index in [1.165, 1.54) is 24.1 Å². The number of methoxy groups -OCH3 is 2. The topological polar surface area (TPSA) is 102 Å². The number of para-hydroxylation sites is 1. The maximum absolute atomic E-state index is 12.7. The molecule has 1 aliphatic heterocycles. The molecule has 0 unspecified atom stereocenters. The summed E-state index contributed by atoms with van der Waals surface area (Å²) in [6.07, 6.45) is 2.16. The Morgan fingerprint density at radius 1 is 1.16 bits per heavy atom. The summed E-state index contributed by atoms with van der Waals surface area (Å²) in [6, 6.07) is 11.7. The Hall–Kier alpha value is -3.30. The van der Waals surface area contributed by atoms with E-state index in [1.807, 2.05) is 0 Å². The maximum Gasteiger partial charge on any atom is 0.335 e. The molecule has 0 spiro atoms. The van der Waals surface area contributed by atoms with Gasteiger partial charge in [0.1, 0.15) is 6.61 Å². The second-order valence-electron chi connectivity index (χ2n) is 6.85. The van der Waals surface area contributed by atoms with Gasteiger partial charge in [-0.3, -0.25) is 14.5 Å². The van der Waals surface area contributed by atoms with Gasteiger partial charge in [-0.25, -0.2) is 4.79 Å². The largest absolute Gasteiger partial charge is 0.493 e. The summed E-state index contributed by atoms with van der Waals surface area (Å²) < 4.78 is 16.4. The molecule has 0 radical (unpaired) electrons. The van der Waals surface area contributed by atoms with Crippen LogP contribution in [0.3, 0.4) is 0 Å². The summed E-state index contributed by atoms with van der Waals surface area (Å²) in [6.45, 7) is 0.843. The number of rotatable bonds is 10. The molecule has 0 atom stereocenters. The Balaban J connectivity index is 1.84. The molecule has 0 bridgehead atoms. The molecule has 1 heterocycles. The van der Waals surface area contributed by atoms with Crippen LogP contribution in [0.2, 0.25) is 0 Å². The molecule has 2 aromatic rings. The molecule has 0 saturated carbocycles. The molecule has 3 rings (SSSR count). The van der Waals surface area contributed by atoms with Gasteiger partial charge in [0.15, 0.2) is 11.5 Å². The smallest absolute Gasteiger partial charge is 0.335 e. The minimum absolute atomic E-state index is 0.0980. The van der Waals surface area contributed by atoms with Gasteiger partial charge in [-0.1, -0.05) is 24.3 Å². The molecular weight excluding hydrogens is 434 g/mol. The molecular formula is C23H23NO7S. The highest BCUT2D eigenvalue weighted by Crippen LogP contribution is 2.37. The number of benzene rings is 2. The highest BCUT2D eigenvalue weighted by Gasteiger charge is 2.34. The quantitative estimate of drug-likeness (QED) is 0.421. The Morgan fingerprint density at radius 2 is 1.94 bits per heavy atom. The predicted molar refractivity (Wildman–Crippen MR) is 120 cm³/mol. The second kappa shape index (κ2) is 10.8. The van der Waals surface area contributed by atoms with E-state index in [-0.39, 0.29) is 29.9 Å². The number of carbonyl (C=O) groups is 3. The van der Waals surface area contributed by atoms with Gasteiger partial charge in [0.05, 0.1) is 17.6 Å². The van der Waals surface area contributed by atoms with Gasteiger partial charge in [-0.2, -0.15) is 0 Å². The van der Waals surface area contributed by atoms with Gasteiger partial charge in [-0.05, 0) is 48.0 Å². The molecule has 168 valence electrons. The van der Waals surface area contributed by atoms with Crippen molar-refractivity contribution < 1.29 is 33.7 Å². The van der Waals surface area contributed by atoms with Crippen LogP contribution in [0.25, 0.3) is 6.08 Å². The van der Waals surface area contributed by atoms with Crippen molar-refractivity contribution in [1.82, 2.24) is 4.90 Å². The third-order valence-electron chi connectivity index (χ3n) is 4.68. The zero-order valence-corrected chi connectivity index (χ0v) is 18.5. The van der Waals surface area contributed by atoms with Crippen molar-refractivity contribution in [2.24, 2.45) is 0 Å². The summed E-state index contributed by atoms with van der Waals surface area (Å²) >= 11 is 0.873. The summed E-state index contributed by atoms with van der Waals surface area (Å²) in [5.41, 5.74) is 1.40. The van der Waals surface area contributed by atoms with Crippen LogP contribution in [0.15, 0.2) is 47.4 Å². The zero-order valence-electron chi connectivity index (χ0n) is 17.7. The molecule has 0 aliphatic carbocycles. The Bertz CT molecular complexity index is 1050. The van der Waals surface area contributed by atoms with Crippen molar-refractivity contribution in [3.63, 3.8) is 0 Å². The first-order chi connectivity index (χ1) is 15.4. The summed E-state index contributed by atoms with van der Waals surface area (Å²) in [5.74, 6) is -0.542. The van der Waals surface area contributed by atoms with Crippen LogP contribution in [0.1, 0.15) is 27.9 Å². The third kappa shape index (κ3) is 5.49. The van der Waals surface area contributed by atoms with Crippen molar-refractivity contribution in [2.75, 3.05) is 27.4 Å². The minimum Gasteiger partial charge on any atom is -0.493 e. The molecule has 1 aliphatic rings. The summed E-state index contributed by atoms with van der Waals surface area (Å²) in [5, 5.41) is 8.85. The van der Waals surface area contributed by atoms with E-state index in [2.05, 4.69) is 0 Å². The predicted octanol–water partition coefficient (Wildman–Crippen LogP) is 4.05.